The zero-order valence-electron chi connectivity index (χ0n) is 13.4. The number of morpholine rings is 1. The number of nitro groups is 1. The molecule has 1 aliphatic heterocycles. The zero-order chi connectivity index (χ0) is 16.8. The first kappa shape index (κ1) is 15.9. The summed E-state index contributed by atoms with van der Waals surface area (Å²) in [4.78, 5) is 11.0. The van der Waals surface area contributed by atoms with E-state index in [4.69, 9.17) is 4.74 Å². The Morgan fingerprint density at radius 3 is 2.70 bits per heavy atom. The third-order valence-corrected chi connectivity index (χ3v) is 4.30. The van der Waals surface area contributed by atoms with Crippen LogP contribution in [-0.4, -0.2) is 28.2 Å². The fourth-order valence-corrected chi connectivity index (χ4v) is 3.12. The maximum absolute atomic E-state index is 11.4. The average molecular weight is 316 g/mol. The highest BCUT2D eigenvalue weighted by molar-refractivity contribution is 5.91. The number of nitro benzene ring substituents is 1. The Hall–Kier alpha value is -2.02. The Labute approximate surface area is 134 Å². The molecule has 1 fully saturated rings. The zero-order valence-corrected chi connectivity index (χ0v) is 13.4. The Kier molecular flexibility index (Phi) is 3.63. The summed E-state index contributed by atoms with van der Waals surface area (Å²) < 4.78 is 5.73. The van der Waals surface area contributed by atoms with Crippen molar-refractivity contribution >= 4 is 16.5 Å². The predicted octanol–water partition coefficient (Wildman–Crippen LogP) is 2.68. The number of aliphatic hydroxyl groups is 1. The quantitative estimate of drug-likeness (QED) is 0.657. The number of ether oxygens (including phenoxy) is 1. The molecule has 6 heteroatoms. The van der Waals surface area contributed by atoms with E-state index < -0.39 is 16.8 Å². The van der Waals surface area contributed by atoms with Gasteiger partial charge in [-0.3, -0.25) is 10.1 Å². The maximum Gasteiger partial charge on any atom is 0.277 e. The second-order valence-electron chi connectivity index (χ2n) is 6.71. The van der Waals surface area contributed by atoms with Crippen LogP contribution >= 0.6 is 0 Å². The van der Waals surface area contributed by atoms with Crippen molar-refractivity contribution in [2.45, 2.75) is 38.1 Å². The van der Waals surface area contributed by atoms with Crippen LogP contribution in [0.25, 0.3) is 10.8 Å². The van der Waals surface area contributed by atoms with Gasteiger partial charge < -0.3 is 15.2 Å². The molecule has 0 aromatic heterocycles. The molecule has 6 nitrogen and oxygen atoms in total. The first-order valence-corrected chi connectivity index (χ1v) is 7.55. The van der Waals surface area contributed by atoms with Gasteiger partial charge in [0.1, 0.15) is 0 Å². The van der Waals surface area contributed by atoms with E-state index in [1.165, 1.54) is 6.07 Å². The summed E-state index contributed by atoms with van der Waals surface area (Å²) in [5.41, 5.74) is 0.0830. The second kappa shape index (κ2) is 5.26. The number of hydrogen-bond acceptors (Lipinski definition) is 5. The second-order valence-corrected chi connectivity index (χ2v) is 6.71. The van der Waals surface area contributed by atoms with Crippen LogP contribution in [-0.2, 0) is 10.5 Å². The minimum absolute atomic E-state index is 0.0350. The topological polar surface area (TPSA) is 84.6 Å². The Bertz CT molecular complexity index is 774. The van der Waals surface area contributed by atoms with Crippen LogP contribution in [0.4, 0.5) is 5.69 Å². The third kappa shape index (κ3) is 2.69. The summed E-state index contributed by atoms with van der Waals surface area (Å²) in [5, 5.41) is 26.9. The van der Waals surface area contributed by atoms with E-state index in [1.54, 1.807) is 24.3 Å². The van der Waals surface area contributed by atoms with E-state index in [0.29, 0.717) is 22.9 Å². The Morgan fingerprint density at radius 1 is 1.35 bits per heavy atom. The highest BCUT2D eigenvalue weighted by atomic mass is 16.6. The molecule has 0 saturated carbocycles. The lowest BCUT2D eigenvalue weighted by Crippen LogP contribution is -2.63. The molecule has 2 aromatic carbocycles. The van der Waals surface area contributed by atoms with Crippen molar-refractivity contribution in [2.75, 3.05) is 6.61 Å². The standard InChI is InChI=1S/C17H20N2O4/c1-11-17(20,23-10-16(2,3)18-11)13-8-12-6-4-5-7-14(12)15(9-13)19(21)22/h4-9,11,18,20H,10H2,1-3H3. The van der Waals surface area contributed by atoms with E-state index in [1.807, 2.05) is 26.8 Å². The van der Waals surface area contributed by atoms with Crippen LogP contribution < -0.4 is 5.32 Å². The van der Waals surface area contributed by atoms with Crippen LogP contribution in [0.1, 0.15) is 26.3 Å². The van der Waals surface area contributed by atoms with Gasteiger partial charge in [0, 0.05) is 17.2 Å². The van der Waals surface area contributed by atoms with Crippen molar-refractivity contribution in [1.82, 2.24) is 5.32 Å². The molecule has 2 aromatic rings. The van der Waals surface area contributed by atoms with E-state index in [2.05, 4.69) is 5.32 Å². The summed E-state index contributed by atoms with van der Waals surface area (Å²) in [6.07, 6.45) is 0. The van der Waals surface area contributed by atoms with Gasteiger partial charge in [0.2, 0.25) is 5.79 Å². The van der Waals surface area contributed by atoms with Gasteiger partial charge in [0.15, 0.2) is 0 Å². The Morgan fingerprint density at radius 2 is 2.04 bits per heavy atom. The number of nitrogens with zero attached hydrogens (tertiary/aromatic N) is 1. The molecule has 0 spiro atoms. The van der Waals surface area contributed by atoms with Crippen LogP contribution in [0, 0.1) is 10.1 Å². The summed E-state index contributed by atoms with van der Waals surface area (Å²) in [5.74, 6) is -1.61. The molecule has 2 atom stereocenters. The van der Waals surface area contributed by atoms with Crippen molar-refractivity contribution in [3.8, 4) is 0 Å². The molecule has 1 saturated heterocycles. The number of fused-ring (bicyclic) bond motifs is 1. The molecule has 2 unspecified atom stereocenters. The smallest absolute Gasteiger partial charge is 0.277 e. The minimum Gasteiger partial charge on any atom is -0.361 e. The molecule has 23 heavy (non-hydrogen) atoms. The molecule has 3 rings (SSSR count). The van der Waals surface area contributed by atoms with Crippen molar-refractivity contribution in [1.29, 1.82) is 0 Å². The van der Waals surface area contributed by atoms with Gasteiger partial charge in [-0.05, 0) is 38.3 Å². The first-order chi connectivity index (χ1) is 10.7. The normalized spacial score (nSPS) is 27.0. The molecule has 0 bridgehead atoms. The molecule has 0 radical (unpaired) electrons. The van der Waals surface area contributed by atoms with Gasteiger partial charge in [-0.2, -0.15) is 0 Å². The molecule has 2 N–H and O–H groups in total. The first-order valence-electron chi connectivity index (χ1n) is 7.55. The van der Waals surface area contributed by atoms with Crippen molar-refractivity contribution in [3.05, 3.63) is 52.1 Å². The molecule has 0 aliphatic carbocycles. The highest BCUT2D eigenvalue weighted by Crippen LogP contribution is 2.37. The number of hydrogen-bond donors (Lipinski definition) is 2. The predicted molar refractivity (Wildman–Crippen MR) is 87.1 cm³/mol. The molecular formula is C17H20N2O4. The van der Waals surface area contributed by atoms with E-state index in [0.717, 1.165) is 0 Å². The van der Waals surface area contributed by atoms with Gasteiger partial charge in [-0.25, -0.2) is 0 Å². The maximum atomic E-state index is 11.4. The summed E-state index contributed by atoms with van der Waals surface area (Å²) >= 11 is 0. The number of non-ortho nitro benzene ring substituents is 1. The summed E-state index contributed by atoms with van der Waals surface area (Å²) in [6.45, 7) is 6.06. The van der Waals surface area contributed by atoms with Gasteiger partial charge >= 0.3 is 0 Å². The van der Waals surface area contributed by atoms with Crippen molar-refractivity contribution < 1.29 is 14.8 Å². The number of rotatable bonds is 2. The van der Waals surface area contributed by atoms with Gasteiger partial charge in [-0.15, -0.1) is 0 Å². The third-order valence-electron chi connectivity index (χ3n) is 4.30. The average Bonchev–Trinajstić information content (AvgIpc) is 2.49. The fraction of sp³-hybridized carbons (Fsp3) is 0.412. The lowest BCUT2D eigenvalue weighted by atomic mass is 9.91. The molecule has 1 heterocycles. The fourth-order valence-electron chi connectivity index (χ4n) is 3.12. The summed E-state index contributed by atoms with van der Waals surface area (Å²) in [7, 11) is 0. The SMILES string of the molecule is CC1NC(C)(C)COC1(O)c1cc([N+](=O)[O-])c2ccccc2c1. The van der Waals surface area contributed by atoms with Crippen molar-refractivity contribution in [3.63, 3.8) is 0 Å². The van der Waals surface area contributed by atoms with Gasteiger partial charge in [0.05, 0.1) is 23.0 Å². The number of nitrogens with one attached hydrogen (secondary N) is 1. The van der Waals surface area contributed by atoms with Crippen LogP contribution in [0.2, 0.25) is 0 Å². The van der Waals surface area contributed by atoms with Gasteiger partial charge in [0.25, 0.3) is 5.69 Å². The molecule has 0 amide bonds. The number of benzene rings is 2. The van der Waals surface area contributed by atoms with Gasteiger partial charge in [-0.1, -0.05) is 18.2 Å². The largest absolute Gasteiger partial charge is 0.361 e. The Balaban J connectivity index is 2.15. The lowest BCUT2D eigenvalue weighted by molar-refractivity contribution is -0.383. The van der Waals surface area contributed by atoms with Crippen LogP contribution in [0.3, 0.4) is 0 Å². The minimum atomic E-state index is -1.61. The van der Waals surface area contributed by atoms with Crippen LogP contribution in [0.15, 0.2) is 36.4 Å². The highest BCUT2D eigenvalue weighted by Gasteiger charge is 2.45. The summed E-state index contributed by atoms with van der Waals surface area (Å²) in [6, 6.07) is 9.80. The van der Waals surface area contributed by atoms with E-state index in [-0.39, 0.29) is 11.2 Å². The van der Waals surface area contributed by atoms with E-state index >= 15 is 0 Å². The van der Waals surface area contributed by atoms with E-state index in [9.17, 15) is 15.2 Å². The molecule has 1 aliphatic rings. The molecule has 122 valence electrons. The van der Waals surface area contributed by atoms with Crippen LogP contribution in [0.5, 0.6) is 0 Å². The monoisotopic (exact) mass is 316 g/mol. The lowest BCUT2D eigenvalue weighted by Gasteiger charge is -2.46. The van der Waals surface area contributed by atoms with Crippen molar-refractivity contribution in [2.24, 2.45) is 0 Å². The molecular weight excluding hydrogens is 296 g/mol.